The first-order valence-electron chi connectivity index (χ1n) is 11.6. The molecule has 0 amide bonds. The Morgan fingerprint density at radius 1 is 1.11 bits per heavy atom. The van der Waals surface area contributed by atoms with Crippen LogP contribution in [0.1, 0.15) is 19.4 Å². The monoisotopic (exact) mass is 509 g/mol. The van der Waals surface area contributed by atoms with E-state index in [2.05, 4.69) is 27.2 Å². The molecule has 0 spiro atoms. The predicted octanol–water partition coefficient (Wildman–Crippen LogP) is 5.29. The van der Waals surface area contributed by atoms with Crippen LogP contribution >= 0.6 is 12.4 Å². The summed E-state index contributed by atoms with van der Waals surface area (Å²) in [7, 11) is 1.60. The van der Waals surface area contributed by atoms with Crippen LogP contribution in [0.3, 0.4) is 0 Å². The fourth-order valence-corrected chi connectivity index (χ4v) is 4.39. The number of halogens is 1. The van der Waals surface area contributed by atoms with E-state index in [0.29, 0.717) is 42.8 Å². The molecule has 4 aromatic rings. The third-order valence-corrected chi connectivity index (χ3v) is 6.15. The Bertz CT molecular complexity index is 1380. The lowest BCUT2D eigenvalue weighted by Gasteiger charge is -2.36. The van der Waals surface area contributed by atoms with Crippen LogP contribution in [-0.4, -0.2) is 52.4 Å². The topological polar surface area (TPSA) is 97.9 Å². The van der Waals surface area contributed by atoms with Crippen molar-refractivity contribution in [3.8, 4) is 34.3 Å². The quantitative estimate of drug-likeness (QED) is 0.342. The molecule has 0 bridgehead atoms. The SMILES string of the molecule is COc1cc(-c2nc(-c3ccc(CN4CC(C(=O)O)C4)c4ccccc34)no2)ccc1OC(C)C.Cl. The molecule has 1 aromatic heterocycles. The van der Waals surface area contributed by atoms with Crippen molar-refractivity contribution in [3.63, 3.8) is 0 Å². The molecule has 2 heterocycles. The van der Waals surface area contributed by atoms with Crippen LogP contribution in [0.15, 0.2) is 59.1 Å². The summed E-state index contributed by atoms with van der Waals surface area (Å²) in [5.74, 6) is 1.14. The van der Waals surface area contributed by atoms with Crippen molar-refractivity contribution in [2.45, 2.75) is 26.5 Å². The number of carboxylic acid groups (broad SMARTS) is 1. The molecular weight excluding hydrogens is 482 g/mol. The minimum Gasteiger partial charge on any atom is -0.493 e. The number of carbonyl (C=O) groups is 1. The minimum absolute atomic E-state index is 0. The molecule has 0 aliphatic carbocycles. The summed E-state index contributed by atoms with van der Waals surface area (Å²) in [5, 5.41) is 15.5. The highest BCUT2D eigenvalue weighted by Crippen LogP contribution is 2.35. The molecule has 3 aromatic carbocycles. The van der Waals surface area contributed by atoms with Crippen LogP contribution in [0, 0.1) is 5.92 Å². The van der Waals surface area contributed by atoms with Crippen molar-refractivity contribution in [2.24, 2.45) is 5.92 Å². The lowest BCUT2D eigenvalue weighted by Crippen LogP contribution is -2.49. The van der Waals surface area contributed by atoms with Crippen molar-refractivity contribution < 1.29 is 23.9 Å². The molecule has 1 saturated heterocycles. The van der Waals surface area contributed by atoms with E-state index in [1.165, 1.54) is 0 Å². The van der Waals surface area contributed by atoms with Gasteiger partial charge >= 0.3 is 5.97 Å². The number of nitrogens with zero attached hydrogens (tertiary/aromatic N) is 3. The van der Waals surface area contributed by atoms with Gasteiger partial charge in [-0.15, -0.1) is 12.4 Å². The van der Waals surface area contributed by atoms with E-state index in [1.54, 1.807) is 7.11 Å². The minimum atomic E-state index is -0.728. The maximum Gasteiger partial charge on any atom is 0.309 e. The van der Waals surface area contributed by atoms with Crippen LogP contribution in [-0.2, 0) is 11.3 Å². The average molecular weight is 510 g/mol. The molecule has 0 saturated carbocycles. The van der Waals surface area contributed by atoms with E-state index >= 15 is 0 Å². The number of hydrogen-bond donors (Lipinski definition) is 1. The number of methoxy groups -OCH3 is 1. The zero-order valence-corrected chi connectivity index (χ0v) is 21.1. The van der Waals surface area contributed by atoms with Crippen LogP contribution in [0.2, 0.25) is 0 Å². The molecule has 0 radical (unpaired) electrons. The second kappa shape index (κ2) is 10.6. The van der Waals surface area contributed by atoms with E-state index in [0.717, 1.165) is 27.5 Å². The number of aromatic nitrogens is 2. The summed E-state index contributed by atoms with van der Waals surface area (Å²) in [6, 6.07) is 17.7. The zero-order valence-electron chi connectivity index (χ0n) is 20.3. The number of likely N-dealkylation sites (tertiary alicyclic amines) is 1. The Hall–Kier alpha value is -3.62. The third-order valence-electron chi connectivity index (χ3n) is 6.15. The Balaban J connectivity index is 0.00000304. The standard InChI is InChI=1S/C27H27N3O5.ClH/c1-16(2)34-23-11-9-17(12-24(23)33-3)26-28-25(29-35-26)22-10-8-18(20-6-4-5-7-21(20)22)13-30-14-19(15-30)27(31)32;/h4-12,16,19H,13-15H2,1-3H3,(H,31,32);1H. The summed E-state index contributed by atoms with van der Waals surface area (Å²) in [6.45, 7) is 5.77. The molecule has 1 aliphatic heterocycles. The summed E-state index contributed by atoms with van der Waals surface area (Å²) in [6.07, 6.45) is 0.0284. The number of aliphatic carboxylic acids is 1. The molecule has 9 heteroatoms. The first kappa shape index (κ1) is 25.5. The van der Waals surface area contributed by atoms with Gasteiger partial charge in [-0.25, -0.2) is 0 Å². The van der Waals surface area contributed by atoms with Gasteiger partial charge in [0.25, 0.3) is 5.89 Å². The molecular formula is C27H28ClN3O5. The van der Waals surface area contributed by atoms with Gasteiger partial charge in [0.1, 0.15) is 0 Å². The Kier molecular flexibility index (Phi) is 7.47. The maximum absolute atomic E-state index is 11.1. The summed E-state index contributed by atoms with van der Waals surface area (Å²) >= 11 is 0. The summed E-state index contributed by atoms with van der Waals surface area (Å²) < 4.78 is 16.9. The van der Waals surface area contributed by atoms with Crippen molar-refractivity contribution in [1.29, 1.82) is 0 Å². The van der Waals surface area contributed by atoms with E-state index in [1.807, 2.05) is 56.3 Å². The van der Waals surface area contributed by atoms with Crippen molar-refractivity contribution in [1.82, 2.24) is 15.0 Å². The highest BCUT2D eigenvalue weighted by atomic mass is 35.5. The molecule has 1 N–H and O–H groups in total. The fourth-order valence-electron chi connectivity index (χ4n) is 4.39. The fraction of sp³-hybridized carbons (Fsp3) is 0.296. The predicted molar refractivity (Wildman–Crippen MR) is 139 cm³/mol. The molecule has 8 nitrogen and oxygen atoms in total. The van der Waals surface area contributed by atoms with Gasteiger partial charge < -0.3 is 19.1 Å². The Morgan fingerprint density at radius 2 is 1.86 bits per heavy atom. The van der Waals surface area contributed by atoms with Gasteiger partial charge in [-0.2, -0.15) is 4.98 Å². The number of carboxylic acids is 1. The molecule has 0 unspecified atom stereocenters. The van der Waals surface area contributed by atoms with Crippen LogP contribution in [0.4, 0.5) is 0 Å². The maximum atomic E-state index is 11.1. The van der Waals surface area contributed by atoms with Gasteiger partial charge in [0.15, 0.2) is 11.5 Å². The summed E-state index contributed by atoms with van der Waals surface area (Å²) in [5.41, 5.74) is 2.75. The summed E-state index contributed by atoms with van der Waals surface area (Å²) in [4.78, 5) is 17.9. The third kappa shape index (κ3) is 5.01. The Labute approximate surface area is 215 Å². The lowest BCUT2D eigenvalue weighted by molar-refractivity contribution is -0.147. The molecule has 36 heavy (non-hydrogen) atoms. The van der Waals surface area contributed by atoms with Gasteiger partial charge in [-0.3, -0.25) is 9.69 Å². The van der Waals surface area contributed by atoms with Gasteiger partial charge in [-0.05, 0) is 48.4 Å². The number of hydrogen-bond acceptors (Lipinski definition) is 7. The number of benzene rings is 3. The lowest BCUT2D eigenvalue weighted by atomic mass is 9.95. The highest BCUT2D eigenvalue weighted by Gasteiger charge is 2.32. The van der Waals surface area contributed by atoms with E-state index in [9.17, 15) is 4.79 Å². The second-order valence-electron chi connectivity index (χ2n) is 9.00. The molecule has 188 valence electrons. The van der Waals surface area contributed by atoms with Crippen molar-refractivity contribution >= 4 is 29.1 Å². The van der Waals surface area contributed by atoms with E-state index < -0.39 is 5.97 Å². The van der Waals surface area contributed by atoms with Crippen molar-refractivity contribution in [2.75, 3.05) is 20.2 Å². The first-order valence-corrected chi connectivity index (χ1v) is 11.6. The van der Waals surface area contributed by atoms with E-state index in [-0.39, 0.29) is 24.4 Å². The van der Waals surface area contributed by atoms with Gasteiger partial charge in [0.2, 0.25) is 5.82 Å². The molecule has 5 rings (SSSR count). The van der Waals surface area contributed by atoms with Gasteiger partial charge in [0.05, 0.1) is 19.1 Å². The smallest absolute Gasteiger partial charge is 0.309 e. The van der Waals surface area contributed by atoms with Crippen LogP contribution in [0.5, 0.6) is 11.5 Å². The van der Waals surface area contributed by atoms with Crippen LogP contribution in [0.25, 0.3) is 33.6 Å². The number of rotatable bonds is 8. The van der Waals surface area contributed by atoms with Crippen molar-refractivity contribution in [3.05, 3.63) is 60.2 Å². The second-order valence-corrected chi connectivity index (χ2v) is 9.00. The largest absolute Gasteiger partial charge is 0.493 e. The normalized spacial score (nSPS) is 13.9. The zero-order chi connectivity index (χ0) is 24.5. The average Bonchev–Trinajstić information content (AvgIpc) is 3.30. The number of fused-ring (bicyclic) bond motifs is 1. The molecule has 0 atom stereocenters. The number of ether oxygens (including phenoxy) is 2. The van der Waals surface area contributed by atoms with Gasteiger partial charge in [-0.1, -0.05) is 41.6 Å². The van der Waals surface area contributed by atoms with Crippen LogP contribution < -0.4 is 9.47 Å². The first-order chi connectivity index (χ1) is 16.9. The van der Waals surface area contributed by atoms with Gasteiger partial charge in [0, 0.05) is 30.8 Å². The Morgan fingerprint density at radius 3 is 2.56 bits per heavy atom. The highest BCUT2D eigenvalue weighted by molar-refractivity contribution is 5.97. The molecule has 1 fully saturated rings. The molecule has 1 aliphatic rings. The van der Waals surface area contributed by atoms with E-state index in [4.69, 9.17) is 19.1 Å².